The van der Waals surface area contributed by atoms with Gasteiger partial charge in [-0.15, -0.1) is 0 Å². The molecule has 138 valence electrons. The molecule has 0 spiro atoms. The van der Waals surface area contributed by atoms with Gasteiger partial charge in [0.05, 0.1) is 11.2 Å². The number of esters is 1. The third-order valence-corrected chi connectivity index (χ3v) is 4.77. The Morgan fingerprint density at radius 3 is 2.12 bits per heavy atom. The van der Waals surface area contributed by atoms with Gasteiger partial charge in [-0.05, 0) is 63.4 Å². The van der Waals surface area contributed by atoms with E-state index in [1.165, 1.54) is 0 Å². The van der Waals surface area contributed by atoms with Gasteiger partial charge < -0.3 is 14.7 Å². The zero-order valence-electron chi connectivity index (χ0n) is 15.7. The normalized spacial score (nSPS) is 17.0. The van der Waals surface area contributed by atoms with Crippen LogP contribution < -0.4 is 4.90 Å². The Morgan fingerprint density at radius 1 is 1.00 bits per heavy atom. The zero-order valence-corrected chi connectivity index (χ0v) is 15.7. The summed E-state index contributed by atoms with van der Waals surface area (Å²) < 4.78 is 5.40. The van der Waals surface area contributed by atoms with Crippen molar-refractivity contribution >= 4 is 11.7 Å². The highest BCUT2D eigenvalue weighted by Gasteiger charge is 2.33. The number of carbonyl (C=O) groups is 1. The van der Waals surface area contributed by atoms with Crippen molar-refractivity contribution in [1.82, 2.24) is 0 Å². The predicted molar refractivity (Wildman–Crippen MR) is 103 cm³/mol. The van der Waals surface area contributed by atoms with Crippen LogP contribution in [0.3, 0.4) is 0 Å². The molecule has 2 aromatic rings. The van der Waals surface area contributed by atoms with Gasteiger partial charge in [-0.3, -0.25) is 0 Å². The second-order valence-corrected chi connectivity index (χ2v) is 7.93. The van der Waals surface area contributed by atoms with Crippen LogP contribution in [0, 0.1) is 0 Å². The van der Waals surface area contributed by atoms with Gasteiger partial charge in [-0.25, -0.2) is 4.79 Å². The van der Waals surface area contributed by atoms with Gasteiger partial charge in [0.25, 0.3) is 0 Å². The van der Waals surface area contributed by atoms with Crippen molar-refractivity contribution in [3.8, 4) is 0 Å². The molecule has 0 amide bonds. The summed E-state index contributed by atoms with van der Waals surface area (Å²) in [6.45, 7) is 7.14. The van der Waals surface area contributed by atoms with Gasteiger partial charge in [0.1, 0.15) is 5.60 Å². The molecular formula is C22H27NO3. The number of carbonyl (C=O) groups excluding carboxylic acids is 1. The Labute approximate surface area is 155 Å². The van der Waals surface area contributed by atoms with Crippen LogP contribution in [-0.4, -0.2) is 29.8 Å². The maximum absolute atomic E-state index is 12.1. The predicted octanol–water partition coefficient (Wildman–Crippen LogP) is 4.13. The molecule has 3 rings (SSSR count). The zero-order chi connectivity index (χ0) is 18.8. The summed E-state index contributed by atoms with van der Waals surface area (Å²) in [7, 11) is 0. The Morgan fingerprint density at radius 2 is 1.58 bits per heavy atom. The molecule has 2 aromatic carbocycles. The van der Waals surface area contributed by atoms with Crippen LogP contribution >= 0.6 is 0 Å². The largest absolute Gasteiger partial charge is 0.456 e. The first-order chi connectivity index (χ1) is 12.3. The topological polar surface area (TPSA) is 49.8 Å². The fourth-order valence-corrected chi connectivity index (χ4v) is 3.32. The highest BCUT2D eigenvalue weighted by atomic mass is 16.6. The van der Waals surface area contributed by atoms with Gasteiger partial charge in [0, 0.05) is 18.8 Å². The molecule has 1 aliphatic heterocycles. The van der Waals surface area contributed by atoms with E-state index in [4.69, 9.17) is 4.74 Å². The van der Waals surface area contributed by atoms with Gasteiger partial charge in [-0.2, -0.15) is 0 Å². The van der Waals surface area contributed by atoms with Crippen molar-refractivity contribution in [1.29, 1.82) is 0 Å². The summed E-state index contributed by atoms with van der Waals surface area (Å²) >= 11 is 0. The van der Waals surface area contributed by atoms with E-state index in [-0.39, 0.29) is 5.97 Å². The monoisotopic (exact) mass is 353 g/mol. The standard InChI is InChI=1S/C22H27NO3/c1-21(2,3)26-20(24)17-9-11-19(12-10-17)23-15-13-22(25,14-16-23)18-7-5-4-6-8-18/h4-12,25H,13-16H2,1-3H3. The molecule has 4 nitrogen and oxygen atoms in total. The maximum Gasteiger partial charge on any atom is 0.338 e. The number of nitrogens with zero attached hydrogens (tertiary/aromatic N) is 1. The molecule has 1 N–H and O–H groups in total. The van der Waals surface area contributed by atoms with Crippen LogP contribution in [-0.2, 0) is 10.3 Å². The van der Waals surface area contributed by atoms with E-state index in [1.54, 1.807) is 12.1 Å². The van der Waals surface area contributed by atoms with Gasteiger partial charge in [0.15, 0.2) is 0 Å². The highest BCUT2D eigenvalue weighted by Crippen LogP contribution is 2.34. The average molecular weight is 353 g/mol. The van der Waals surface area contributed by atoms with E-state index >= 15 is 0 Å². The van der Waals surface area contributed by atoms with Crippen molar-refractivity contribution in [3.05, 3.63) is 65.7 Å². The van der Waals surface area contributed by atoms with E-state index in [0.29, 0.717) is 18.4 Å². The minimum atomic E-state index is -0.756. The van der Waals surface area contributed by atoms with Crippen LogP contribution in [0.15, 0.2) is 54.6 Å². The Hall–Kier alpha value is -2.33. The molecule has 0 aliphatic carbocycles. The van der Waals surface area contributed by atoms with E-state index in [9.17, 15) is 9.90 Å². The molecule has 0 atom stereocenters. The summed E-state index contributed by atoms with van der Waals surface area (Å²) in [6, 6.07) is 17.4. The summed E-state index contributed by atoms with van der Waals surface area (Å²) in [5.74, 6) is -0.304. The van der Waals surface area contributed by atoms with Crippen molar-refractivity contribution in [2.45, 2.75) is 44.8 Å². The van der Waals surface area contributed by atoms with Crippen LogP contribution in [0.5, 0.6) is 0 Å². The Kier molecular flexibility index (Phi) is 5.05. The highest BCUT2D eigenvalue weighted by molar-refractivity contribution is 5.90. The lowest BCUT2D eigenvalue weighted by Gasteiger charge is -2.39. The first-order valence-electron chi connectivity index (χ1n) is 9.13. The lowest BCUT2D eigenvalue weighted by atomic mass is 9.84. The average Bonchev–Trinajstić information content (AvgIpc) is 2.62. The van der Waals surface area contributed by atoms with Gasteiger partial charge >= 0.3 is 5.97 Å². The lowest BCUT2D eigenvalue weighted by Crippen LogP contribution is -2.42. The summed E-state index contributed by atoms with van der Waals surface area (Å²) in [5.41, 5.74) is 1.35. The maximum atomic E-state index is 12.1. The molecule has 0 saturated carbocycles. The van der Waals surface area contributed by atoms with Crippen molar-refractivity contribution in [2.75, 3.05) is 18.0 Å². The number of ether oxygens (including phenoxy) is 1. The summed E-state index contributed by atoms with van der Waals surface area (Å²) in [4.78, 5) is 14.4. The van der Waals surface area contributed by atoms with Crippen LogP contribution in [0.4, 0.5) is 5.69 Å². The van der Waals surface area contributed by atoms with E-state index < -0.39 is 11.2 Å². The second kappa shape index (κ2) is 7.12. The molecular weight excluding hydrogens is 326 g/mol. The quantitative estimate of drug-likeness (QED) is 0.843. The van der Waals surface area contributed by atoms with Gasteiger partial charge in [-0.1, -0.05) is 30.3 Å². The van der Waals surface area contributed by atoms with E-state index in [2.05, 4.69) is 4.90 Å². The van der Waals surface area contributed by atoms with Crippen LogP contribution in [0.25, 0.3) is 0 Å². The fourth-order valence-electron chi connectivity index (χ4n) is 3.32. The number of piperidine rings is 1. The number of aliphatic hydroxyl groups is 1. The third-order valence-electron chi connectivity index (χ3n) is 4.77. The fraction of sp³-hybridized carbons (Fsp3) is 0.409. The molecule has 1 aliphatic rings. The molecule has 0 bridgehead atoms. The lowest BCUT2D eigenvalue weighted by molar-refractivity contribution is 0.00691. The molecule has 0 radical (unpaired) electrons. The van der Waals surface area contributed by atoms with Crippen molar-refractivity contribution in [2.24, 2.45) is 0 Å². The number of hydrogen-bond acceptors (Lipinski definition) is 4. The minimum absolute atomic E-state index is 0.304. The summed E-state index contributed by atoms with van der Waals surface area (Å²) in [5, 5.41) is 10.9. The molecule has 0 aromatic heterocycles. The van der Waals surface area contributed by atoms with E-state index in [1.807, 2.05) is 63.2 Å². The molecule has 1 heterocycles. The Balaban J connectivity index is 1.64. The number of hydrogen-bond donors (Lipinski definition) is 1. The van der Waals surface area contributed by atoms with Crippen molar-refractivity contribution in [3.63, 3.8) is 0 Å². The number of benzene rings is 2. The van der Waals surface area contributed by atoms with Gasteiger partial charge in [0.2, 0.25) is 0 Å². The summed E-state index contributed by atoms with van der Waals surface area (Å²) in [6.07, 6.45) is 1.37. The molecule has 0 unspecified atom stereocenters. The first-order valence-corrected chi connectivity index (χ1v) is 9.13. The number of anilines is 1. The second-order valence-electron chi connectivity index (χ2n) is 7.93. The molecule has 4 heteroatoms. The first kappa shape index (κ1) is 18.5. The SMILES string of the molecule is CC(C)(C)OC(=O)c1ccc(N2CCC(O)(c3ccccc3)CC2)cc1. The van der Waals surface area contributed by atoms with Crippen LogP contribution in [0.2, 0.25) is 0 Å². The van der Waals surface area contributed by atoms with E-state index in [0.717, 1.165) is 24.3 Å². The molecule has 1 saturated heterocycles. The van der Waals surface area contributed by atoms with Crippen molar-refractivity contribution < 1.29 is 14.6 Å². The third kappa shape index (κ3) is 4.25. The number of rotatable bonds is 3. The Bertz CT molecular complexity index is 739. The molecule has 1 fully saturated rings. The smallest absolute Gasteiger partial charge is 0.338 e. The molecule has 26 heavy (non-hydrogen) atoms. The minimum Gasteiger partial charge on any atom is -0.456 e. The van der Waals surface area contributed by atoms with Crippen LogP contribution in [0.1, 0.15) is 49.5 Å².